The fourth-order valence-electron chi connectivity index (χ4n) is 4.01. The van der Waals surface area contributed by atoms with Crippen molar-refractivity contribution in [1.29, 1.82) is 0 Å². The van der Waals surface area contributed by atoms with Crippen LogP contribution in [-0.2, 0) is 9.22 Å². The van der Waals surface area contributed by atoms with E-state index in [9.17, 15) is 4.79 Å². The highest BCUT2D eigenvalue weighted by Crippen LogP contribution is 2.54. The predicted octanol–water partition coefficient (Wildman–Crippen LogP) is 5.35. The standard InChI is InChI=1S/C19H34O2Si/c1-14-13-16-9-11-19(14,15(2)17(16)20)10-8-12-21-22(6,7)18(3,4)5/h13,15-16H,8-12H2,1-7H3/t15-,16+,19-/m1/s1. The lowest BCUT2D eigenvalue weighted by molar-refractivity contribution is -0.133. The second-order valence-corrected chi connectivity index (χ2v) is 13.8. The van der Waals surface area contributed by atoms with Crippen LogP contribution in [0.15, 0.2) is 11.6 Å². The normalized spacial score (nSPS) is 32.3. The van der Waals surface area contributed by atoms with E-state index >= 15 is 0 Å². The molecule has 0 aromatic carbocycles. The van der Waals surface area contributed by atoms with Crippen molar-refractivity contribution in [3.05, 3.63) is 11.6 Å². The lowest BCUT2D eigenvalue weighted by atomic mass is 9.54. The second kappa shape index (κ2) is 5.90. The average molecular weight is 323 g/mol. The van der Waals surface area contributed by atoms with E-state index in [0.29, 0.717) is 5.78 Å². The first kappa shape index (κ1) is 17.9. The maximum absolute atomic E-state index is 12.4. The summed E-state index contributed by atoms with van der Waals surface area (Å²) in [5.41, 5.74) is 1.59. The van der Waals surface area contributed by atoms with Gasteiger partial charge in [-0.15, -0.1) is 0 Å². The molecular formula is C19H34O2Si. The summed E-state index contributed by atoms with van der Waals surface area (Å²) < 4.78 is 6.32. The van der Waals surface area contributed by atoms with Crippen LogP contribution in [0.2, 0.25) is 18.1 Å². The minimum Gasteiger partial charge on any atom is -0.417 e. The Morgan fingerprint density at radius 3 is 2.55 bits per heavy atom. The number of rotatable bonds is 5. The third-order valence-electron chi connectivity index (χ3n) is 6.80. The van der Waals surface area contributed by atoms with Crippen molar-refractivity contribution in [3.8, 4) is 0 Å². The zero-order chi connectivity index (χ0) is 16.8. The molecule has 3 aliphatic carbocycles. The number of allylic oxidation sites excluding steroid dienone is 2. The summed E-state index contributed by atoms with van der Waals surface area (Å²) >= 11 is 0. The van der Waals surface area contributed by atoms with Crippen molar-refractivity contribution in [1.82, 2.24) is 0 Å². The van der Waals surface area contributed by atoms with Gasteiger partial charge in [0.2, 0.25) is 0 Å². The molecule has 3 rings (SSSR count). The summed E-state index contributed by atoms with van der Waals surface area (Å²) in [7, 11) is -1.65. The van der Waals surface area contributed by atoms with E-state index in [1.54, 1.807) is 0 Å². The van der Waals surface area contributed by atoms with E-state index in [0.717, 1.165) is 25.9 Å². The molecule has 3 atom stereocenters. The highest BCUT2D eigenvalue weighted by atomic mass is 28.4. The quantitative estimate of drug-likeness (QED) is 0.387. The van der Waals surface area contributed by atoms with E-state index in [1.165, 1.54) is 12.0 Å². The van der Waals surface area contributed by atoms with Crippen LogP contribution in [-0.4, -0.2) is 20.7 Å². The Hall–Kier alpha value is -0.413. The largest absolute Gasteiger partial charge is 0.417 e. The topological polar surface area (TPSA) is 26.3 Å². The maximum atomic E-state index is 12.4. The number of hydrogen-bond acceptors (Lipinski definition) is 2. The average Bonchev–Trinajstić information content (AvgIpc) is 2.40. The van der Waals surface area contributed by atoms with Gasteiger partial charge in [0.1, 0.15) is 5.78 Å². The fourth-order valence-corrected chi connectivity index (χ4v) is 5.09. The minimum atomic E-state index is -1.65. The monoisotopic (exact) mass is 322 g/mol. The fraction of sp³-hybridized carbons (Fsp3) is 0.842. The Bertz CT molecular complexity index is 472. The molecular weight excluding hydrogens is 288 g/mol. The van der Waals surface area contributed by atoms with Crippen molar-refractivity contribution in [2.45, 2.75) is 78.4 Å². The summed E-state index contributed by atoms with van der Waals surface area (Å²) in [5, 5.41) is 0.271. The van der Waals surface area contributed by atoms with Crippen molar-refractivity contribution in [3.63, 3.8) is 0 Å². The molecule has 0 unspecified atom stereocenters. The lowest BCUT2D eigenvalue weighted by Gasteiger charge is -2.49. The van der Waals surface area contributed by atoms with E-state index < -0.39 is 8.32 Å². The number of carbonyl (C=O) groups is 1. The maximum Gasteiger partial charge on any atom is 0.191 e. The van der Waals surface area contributed by atoms with Crippen LogP contribution in [0.3, 0.4) is 0 Å². The highest BCUT2D eigenvalue weighted by Gasteiger charge is 2.50. The van der Waals surface area contributed by atoms with Crippen molar-refractivity contribution in [2.75, 3.05) is 6.61 Å². The first-order valence-corrected chi connectivity index (χ1v) is 11.8. The van der Waals surface area contributed by atoms with Crippen LogP contribution in [0.1, 0.15) is 60.3 Å². The molecule has 0 heterocycles. The molecule has 0 N–H and O–H groups in total. The molecule has 0 spiro atoms. The van der Waals surface area contributed by atoms with Crippen molar-refractivity contribution < 1.29 is 9.22 Å². The minimum absolute atomic E-state index is 0.128. The van der Waals surface area contributed by atoms with Crippen molar-refractivity contribution >= 4 is 14.1 Å². The smallest absolute Gasteiger partial charge is 0.191 e. The molecule has 0 radical (unpaired) electrons. The van der Waals surface area contributed by atoms with E-state index in [-0.39, 0.29) is 22.3 Å². The highest BCUT2D eigenvalue weighted by molar-refractivity contribution is 6.74. The SMILES string of the molecule is CC1=C[C@@H]2CC[C@@]1(CCCO[Si](C)(C)C(C)(C)C)[C@H](C)C2=O. The Kier molecular flexibility index (Phi) is 4.81. The van der Waals surface area contributed by atoms with Crippen LogP contribution >= 0.6 is 0 Å². The summed E-state index contributed by atoms with van der Waals surface area (Å²) in [4.78, 5) is 12.4. The van der Waals surface area contributed by atoms with Crippen LogP contribution < -0.4 is 0 Å². The molecule has 1 fully saturated rings. The summed E-state index contributed by atoms with van der Waals surface area (Å²) in [6.07, 6.45) is 6.67. The van der Waals surface area contributed by atoms with Gasteiger partial charge in [-0.3, -0.25) is 4.79 Å². The zero-order valence-corrected chi connectivity index (χ0v) is 16.6. The molecule has 126 valence electrons. The third kappa shape index (κ3) is 2.99. The van der Waals surface area contributed by atoms with Crippen LogP contribution in [0.4, 0.5) is 0 Å². The van der Waals surface area contributed by atoms with Crippen molar-refractivity contribution in [2.24, 2.45) is 17.3 Å². The molecule has 0 aliphatic heterocycles. The molecule has 0 saturated heterocycles. The third-order valence-corrected chi connectivity index (χ3v) is 11.3. The summed E-state index contributed by atoms with van der Waals surface area (Å²) in [6, 6.07) is 0. The second-order valence-electron chi connectivity index (χ2n) is 8.99. The Balaban J connectivity index is 1.95. The van der Waals surface area contributed by atoms with Gasteiger partial charge >= 0.3 is 0 Å². The van der Waals surface area contributed by atoms with Gasteiger partial charge < -0.3 is 4.43 Å². The van der Waals surface area contributed by atoms with Gasteiger partial charge in [0, 0.05) is 23.9 Å². The van der Waals surface area contributed by atoms with Crippen LogP contribution in [0.25, 0.3) is 0 Å². The number of hydrogen-bond donors (Lipinski definition) is 0. The molecule has 0 aromatic heterocycles. The van der Waals surface area contributed by atoms with E-state index in [1.807, 2.05) is 0 Å². The number of Topliss-reactive ketones (excluding diaryl/α,β-unsaturated/α-hetero) is 1. The van der Waals surface area contributed by atoms with Gasteiger partial charge in [-0.25, -0.2) is 0 Å². The first-order valence-electron chi connectivity index (χ1n) is 8.88. The Labute approximate surface area is 137 Å². The molecule has 3 heteroatoms. The molecule has 2 bridgehead atoms. The van der Waals surface area contributed by atoms with Gasteiger partial charge in [0.15, 0.2) is 8.32 Å². The van der Waals surface area contributed by atoms with Crippen LogP contribution in [0.5, 0.6) is 0 Å². The van der Waals surface area contributed by atoms with Crippen LogP contribution in [0, 0.1) is 17.3 Å². The van der Waals surface area contributed by atoms with Gasteiger partial charge in [0.05, 0.1) is 0 Å². The molecule has 22 heavy (non-hydrogen) atoms. The van der Waals surface area contributed by atoms with Gasteiger partial charge in [-0.1, -0.05) is 39.3 Å². The predicted molar refractivity (Wildman–Crippen MR) is 95.5 cm³/mol. The van der Waals surface area contributed by atoms with E-state index in [4.69, 9.17) is 4.43 Å². The first-order chi connectivity index (χ1) is 10.0. The Morgan fingerprint density at radius 2 is 2.00 bits per heavy atom. The van der Waals surface area contributed by atoms with E-state index in [2.05, 4.69) is 53.8 Å². The van der Waals surface area contributed by atoms with Gasteiger partial charge in [-0.2, -0.15) is 0 Å². The number of ketones is 1. The number of fused-ring (bicyclic) bond motifs is 2. The summed E-state index contributed by atoms with van der Waals surface area (Å²) in [5.74, 6) is 0.881. The molecule has 0 amide bonds. The van der Waals surface area contributed by atoms with Gasteiger partial charge in [-0.05, 0) is 50.7 Å². The Morgan fingerprint density at radius 1 is 1.36 bits per heavy atom. The molecule has 3 aliphatic rings. The lowest BCUT2D eigenvalue weighted by Crippen LogP contribution is -2.47. The number of carbonyl (C=O) groups excluding carboxylic acids is 1. The zero-order valence-electron chi connectivity index (χ0n) is 15.6. The molecule has 0 aromatic rings. The summed E-state index contributed by atoms with van der Waals surface area (Å²) in [6.45, 7) is 16.7. The molecule has 2 nitrogen and oxygen atoms in total. The molecule has 1 saturated carbocycles. The van der Waals surface area contributed by atoms with Gasteiger partial charge in [0.25, 0.3) is 0 Å².